The smallest absolute Gasteiger partial charge is 0.220 e. The van der Waals surface area contributed by atoms with E-state index in [1.54, 1.807) is 0 Å². The minimum absolute atomic E-state index is 0.0434. The summed E-state index contributed by atoms with van der Waals surface area (Å²) in [6, 6.07) is -0.0434. The van der Waals surface area contributed by atoms with Gasteiger partial charge in [-0.1, -0.05) is 5.16 Å². The molecule has 1 fully saturated rings. The second kappa shape index (κ2) is 5.52. The molecule has 0 aliphatic carbocycles. The summed E-state index contributed by atoms with van der Waals surface area (Å²) in [5.41, 5.74) is 1.84. The van der Waals surface area contributed by atoms with Crippen molar-refractivity contribution in [3.8, 4) is 0 Å². The van der Waals surface area contributed by atoms with Gasteiger partial charge in [-0.05, 0) is 46.2 Å². The number of amides is 1. The molecule has 2 atom stereocenters. The largest absolute Gasteiger partial charge is 0.361 e. The molecular formula is C13H21N3O2. The van der Waals surface area contributed by atoms with Crippen molar-refractivity contribution in [3.63, 3.8) is 0 Å². The van der Waals surface area contributed by atoms with Crippen LogP contribution in [-0.4, -0.2) is 24.2 Å². The fraction of sp³-hybridized carbons (Fsp3) is 0.692. The molecule has 1 aliphatic rings. The zero-order chi connectivity index (χ0) is 13.1. The van der Waals surface area contributed by atoms with Crippen molar-refractivity contribution in [2.45, 2.75) is 39.7 Å². The molecule has 2 heterocycles. The summed E-state index contributed by atoms with van der Waals surface area (Å²) >= 11 is 0. The second-order valence-corrected chi connectivity index (χ2v) is 5.09. The maximum atomic E-state index is 11.9. The quantitative estimate of drug-likeness (QED) is 0.850. The lowest BCUT2D eigenvalue weighted by atomic mass is 10.0. The molecule has 0 saturated carbocycles. The van der Waals surface area contributed by atoms with Crippen LogP contribution in [0.4, 0.5) is 0 Å². The van der Waals surface area contributed by atoms with Gasteiger partial charge in [-0.2, -0.15) is 0 Å². The van der Waals surface area contributed by atoms with E-state index in [1.165, 1.54) is 0 Å². The van der Waals surface area contributed by atoms with Crippen LogP contribution >= 0.6 is 0 Å². The first-order valence-electron chi connectivity index (χ1n) is 6.50. The zero-order valence-corrected chi connectivity index (χ0v) is 11.2. The lowest BCUT2D eigenvalue weighted by molar-refractivity contribution is -0.122. The molecule has 0 aromatic carbocycles. The molecule has 1 saturated heterocycles. The van der Waals surface area contributed by atoms with Crippen LogP contribution in [0.5, 0.6) is 0 Å². The number of nitrogens with one attached hydrogen (secondary N) is 2. The van der Waals surface area contributed by atoms with Crippen molar-refractivity contribution in [3.05, 3.63) is 17.0 Å². The standard InChI is InChI=1S/C13H21N3O2/c1-8(13-9(2)16-18-10(13)3)15-12(17)6-11-4-5-14-7-11/h8,11,14H,4-7H2,1-3H3,(H,15,17). The van der Waals surface area contributed by atoms with Crippen molar-refractivity contribution in [2.75, 3.05) is 13.1 Å². The topological polar surface area (TPSA) is 67.2 Å². The van der Waals surface area contributed by atoms with E-state index >= 15 is 0 Å². The van der Waals surface area contributed by atoms with E-state index in [1.807, 2.05) is 20.8 Å². The fourth-order valence-corrected chi connectivity index (χ4v) is 2.63. The Balaban J connectivity index is 1.90. The minimum Gasteiger partial charge on any atom is -0.361 e. The number of hydrogen-bond acceptors (Lipinski definition) is 4. The van der Waals surface area contributed by atoms with E-state index in [0.717, 1.165) is 36.5 Å². The van der Waals surface area contributed by atoms with Gasteiger partial charge in [-0.15, -0.1) is 0 Å². The number of aromatic nitrogens is 1. The first-order chi connectivity index (χ1) is 8.58. The Morgan fingerprint density at radius 3 is 2.94 bits per heavy atom. The van der Waals surface area contributed by atoms with Gasteiger partial charge in [-0.25, -0.2) is 0 Å². The van der Waals surface area contributed by atoms with Gasteiger partial charge < -0.3 is 15.2 Å². The highest BCUT2D eigenvalue weighted by Gasteiger charge is 2.21. The van der Waals surface area contributed by atoms with E-state index in [4.69, 9.17) is 4.52 Å². The molecule has 0 spiro atoms. The fourth-order valence-electron chi connectivity index (χ4n) is 2.63. The van der Waals surface area contributed by atoms with Crippen molar-refractivity contribution < 1.29 is 9.32 Å². The molecule has 1 aromatic heterocycles. The molecule has 5 nitrogen and oxygen atoms in total. The van der Waals surface area contributed by atoms with Crippen LogP contribution in [0.25, 0.3) is 0 Å². The molecule has 100 valence electrons. The third-order valence-electron chi connectivity index (χ3n) is 3.54. The average molecular weight is 251 g/mol. The summed E-state index contributed by atoms with van der Waals surface area (Å²) in [4.78, 5) is 11.9. The highest BCUT2D eigenvalue weighted by atomic mass is 16.5. The van der Waals surface area contributed by atoms with Crippen LogP contribution in [0.15, 0.2) is 4.52 Å². The molecule has 2 unspecified atom stereocenters. The van der Waals surface area contributed by atoms with Crippen molar-refractivity contribution in [1.29, 1.82) is 0 Å². The Morgan fingerprint density at radius 1 is 1.61 bits per heavy atom. The molecule has 5 heteroatoms. The van der Waals surface area contributed by atoms with Crippen LogP contribution in [-0.2, 0) is 4.79 Å². The molecule has 0 bridgehead atoms. The number of carbonyl (C=O) groups excluding carboxylic acids is 1. The Hall–Kier alpha value is -1.36. The monoisotopic (exact) mass is 251 g/mol. The molecule has 0 radical (unpaired) electrons. The summed E-state index contributed by atoms with van der Waals surface area (Å²) in [7, 11) is 0. The van der Waals surface area contributed by atoms with Crippen molar-refractivity contribution >= 4 is 5.91 Å². The molecule has 1 amide bonds. The number of aryl methyl sites for hydroxylation is 2. The van der Waals surface area contributed by atoms with Gasteiger partial charge in [0.1, 0.15) is 5.76 Å². The van der Waals surface area contributed by atoms with E-state index in [-0.39, 0.29) is 11.9 Å². The van der Waals surface area contributed by atoms with Crippen molar-refractivity contribution in [2.24, 2.45) is 5.92 Å². The predicted molar refractivity (Wildman–Crippen MR) is 68.1 cm³/mol. The van der Waals surface area contributed by atoms with Gasteiger partial charge in [0.25, 0.3) is 0 Å². The van der Waals surface area contributed by atoms with E-state index in [0.29, 0.717) is 12.3 Å². The van der Waals surface area contributed by atoms with E-state index in [9.17, 15) is 4.79 Å². The van der Waals surface area contributed by atoms with Gasteiger partial charge in [0.05, 0.1) is 11.7 Å². The van der Waals surface area contributed by atoms with Gasteiger partial charge >= 0.3 is 0 Å². The molecular weight excluding hydrogens is 230 g/mol. The van der Waals surface area contributed by atoms with Crippen LogP contribution in [0.1, 0.15) is 42.8 Å². The summed E-state index contributed by atoms with van der Waals surface area (Å²) in [5, 5.41) is 10.2. The number of carbonyl (C=O) groups is 1. The highest BCUT2D eigenvalue weighted by molar-refractivity contribution is 5.76. The van der Waals surface area contributed by atoms with Crippen molar-refractivity contribution in [1.82, 2.24) is 15.8 Å². The van der Waals surface area contributed by atoms with Gasteiger partial charge in [-0.3, -0.25) is 4.79 Å². The minimum atomic E-state index is -0.0434. The second-order valence-electron chi connectivity index (χ2n) is 5.09. The van der Waals surface area contributed by atoms with E-state index < -0.39 is 0 Å². The molecule has 18 heavy (non-hydrogen) atoms. The molecule has 1 aliphatic heterocycles. The first kappa shape index (κ1) is 13.1. The maximum absolute atomic E-state index is 11.9. The normalized spacial score (nSPS) is 20.9. The van der Waals surface area contributed by atoms with Gasteiger partial charge in [0.2, 0.25) is 5.91 Å². The number of hydrogen-bond donors (Lipinski definition) is 2. The van der Waals surface area contributed by atoms with Crippen LogP contribution < -0.4 is 10.6 Å². The van der Waals surface area contributed by atoms with Crippen LogP contribution in [0.3, 0.4) is 0 Å². The Morgan fingerprint density at radius 2 is 2.39 bits per heavy atom. The van der Waals surface area contributed by atoms with Gasteiger partial charge in [0, 0.05) is 12.0 Å². The summed E-state index contributed by atoms with van der Waals surface area (Å²) < 4.78 is 5.12. The number of nitrogens with zero attached hydrogens (tertiary/aromatic N) is 1. The zero-order valence-electron chi connectivity index (χ0n) is 11.2. The van der Waals surface area contributed by atoms with Crippen LogP contribution in [0.2, 0.25) is 0 Å². The summed E-state index contributed by atoms with van der Waals surface area (Å²) in [6.45, 7) is 7.72. The lowest BCUT2D eigenvalue weighted by Crippen LogP contribution is -2.29. The Kier molecular flexibility index (Phi) is 4.01. The highest BCUT2D eigenvalue weighted by Crippen LogP contribution is 2.21. The summed E-state index contributed by atoms with van der Waals surface area (Å²) in [6.07, 6.45) is 1.69. The SMILES string of the molecule is Cc1noc(C)c1C(C)NC(=O)CC1CCNC1. The molecule has 1 aromatic rings. The van der Waals surface area contributed by atoms with Crippen LogP contribution in [0, 0.1) is 19.8 Å². The lowest BCUT2D eigenvalue weighted by Gasteiger charge is -2.15. The Bertz CT molecular complexity index is 402. The Labute approximate surface area is 107 Å². The summed E-state index contributed by atoms with van der Waals surface area (Å²) in [5.74, 6) is 1.36. The third-order valence-corrected chi connectivity index (χ3v) is 3.54. The van der Waals surface area contributed by atoms with Gasteiger partial charge in [0.15, 0.2) is 0 Å². The number of rotatable bonds is 4. The molecule has 2 N–H and O–H groups in total. The predicted octanol–water partition coefficient (Wildman–Crippen LogP) is 1.47. The molecule has 2 rings (SSSR count). The third kappa shape index (κ3) is 2.90. The first-order valence-corrected chi connectivity index (χ1v) is 6.50. The maximum Gasteiger partial charge on any atom is 0.220 e. The average Bonchev–Trinajstić information content (AvgIpc) is 2.89. The van der Waals surface area contributed by atoms with E-state index in [2.05, 4.69) is 15.8 Å².